The fourth-order valence-corrected chi connectivity index (χ4v) is 3.43. The Morgan fingerprint density at radius 1 is 0.743 bits per heavy atom. The highest BCUT2D eigenvalue weighted by Crippen LogP contribution is 2.23. The first-order chi connectivity index (χ1) is 16.5. The molecule has 4 atom stereocenters. The van der Waals surface area contributed by atoms with Crippen molar-refractivity contribution in [3.63, 3.8) is 0 Å². The van der Waals surface area contributed by atoms with E-state index in [2.05, 4.69) is 9.97 Å². The minimum Gasteiger partial charge on any atom is -0.462 e. The van der Waals surface area contributed by atoms with Crippen molar-refractivity contribution in [2.45, 2.75) is 65.5 Å². The minimum atomic E-state index is -1.49. The maximum Gasteiger partial charge on any atom is 0.303 e. The molecule has 0 bridgehead atoms. The van der Waals surface area contributed by atoms with Crippen LogP contribution < -0.4 is 0 Å². The van der Waals surface area contributed by atoms with E-state index in [1.54, 1.807) is 18.2 Å². The smallest absolute Gasteiger partial charge is 0.303 e. The topological polar surface area (TPSA) is 160 Å². The van der Waals surface area contributed by atoms with Crippen LogP contribution in [0.15, 0.2) is 24.3 Å². The van der Waals surface area contributed by atoms with E-state index in [4.69, 9.17) is 23.7 Å². The van der Waals surface area contributed by atoms with E-state index >= 15 is 0 Å². The first-order valence-corrected chi connectivity index (χ1v) is 10.7. The summed E-state index contributed by atoms with van der Waals surface area (Å²) >= 11 is 0. The molecule has 190 valence electrons. The molecule has 0 aliphatic heterocycles. The van der Waals surface area contributed by atoms with Crippen LogP contribution in [-0.4, -0.2) is 70.8 Å². The molecule has 0 radical (unpaired) electrons. The van der Waals surface area contributed by atoms with Gasteiger partial charge in [0.25, 0.3) is 0 Å². The van der Waals surface area contributed by atoms with Gasteiger partial charge in [0.05, 0.1) is 11.0 Å². The van der Waals surface area contributed by atoms with Crippen molar-refractivity contribution in [3.8, 4) is 0 Å². The van der Waals surface area contributed by atoms with Crippen LogP contribution in [0.4, 0.5) is 0 Å². The van der Waals surface area contributed by atoms with Crippen molar-refractivity contribution in [1.29, 1.82) is 0 Å². The molecule has 0 fully saturated rings. The number of hydrogen-bond donors (Lipinski definition) is 1. The highest BCUT2D eigenvalue weighted by atomic mass is 16.6. The summed E-state index contributed by atoms with van der Waals surface area (Å²) in [6, 6.07) is 7.18. The first kappa shape index (κ1) is 27.3. The molecular weight excluding hydrogens is 464 g/mol. The second-order valence-electron chi connectivity index (χ2n) is 7.65. The van der Waals surface area contributed by atoms with Gasteiger partial charge < -0.3 is 28.7 Å². The summed E-state index contributed by atoms with van der Waals surface area (Å²) in [6.45, 7) is 5.08. The van der Waals surface area contributed by atoms with Gasteiger partial charge in [-0.3, -0.25) is 24.0 Å². The Balaban J connectivity index is 2.52. The molecular formula is C23H28N2O10. The zero-order valence-electron chi connectivity index (χ0n) is 20.1. The van der Waals surface area contributed by atoms with Crippen LogP contribution >= 0.6 is 0 Å². The number of imidazole rings is 1. The number of fused-ring (bicyclic) bond motifs is 1. The zero-order valence-corrected chi connectivity index (χ0v) is 20.1. The van der Waals surface area contributed by atoms with Crippen LogP contribution in [0.2, 0.25) is 0 Å². The Labute approximate surface area is 201 Å². The highest BCUT2D eigenvalue weighted by molar-refractivity contribution is 5.75. The molecule has 2 aromatic rings. The van der Waals surface area contributed by atoms with Crippen LogP contribution in [0, 0.1) is 0 Å². The molecule has 12 nitrogen and oxygen atoms in total. The number of para-hydroxylation sites is 2. The lowest BCUT2D eigenvalue weighted by Gasteiger charge is -2.35. The SMILES string of the molecule is CC(=O)OC[C@@H](OC(C)=O)[C@H](OC(C)=O)[C@H](OC(C)=O)[C@H](Cc1nc2ccccc2[nH]1)OC(C)=O. The molecule has 35 heavy (non-hydrogen) atoms. The molecule has 1 heterocycles. The minimum absolute atomic E-state index is 0.0790. The Bertz CT molecular complexity index is 1050. The van der Waals surface area contributed by atoms with E-state index in [9.17, 15) is 24.0 Å². The monoisotopic (exact) mass is 492 g/mol. The van der Waals surface area contributed by atoms with Gasteiger partial charge in [-0.2, -0.15) is 0 Å². The maximum absolute atomic E-state index is 12.0. The van der Waals surface area contributed by atoms with E-state index in [1.807, 2.05) is 6.07 Å². The lowest BCUT2D eigenvalue weighted by molar-refractivity contribution is -0.202. The van der Waals surface area contributed by atoms with Crippen molar-refractivity contribution in [2.24, 2.45) is 0 Å². The zero-order chi connectivity index (χ0) is 26.1. The van der Waals surface area contributed by atoms with Gasteiger partial charge in [0.1, 0.15) is 18.5 Å². The van der Waals surface area contributed by atoms with E-state index < -0.39 is 60.9 Å². The van der Waals surface area contributed by atoms with Gasteiger partial charge in [-0.25, -0.2) is 4.98 Å². The summed E-state index contributed by atoms with van der Waals surface area (Å²) in [7, 11) is 0. The average molecular weight is 492 g/mol. The van der Waals surface area contributed by atoms with Crippen molar-refractivity contribution < 1.29 is 47.7 Å². The second-order valence-corrected chi connectivity index (χ2v) is 7.65. The van der Waals surface area contributed by atoms with Crippen LogP contribution in [-0.2, 0) is 54.1 Å². The number of ether oxygens (including phenoxy) is 5. The van der Waals surface area contributed by atoms with Gasteiger partial charge in [-0.05, 0) is 12.1 Å². The molecule has 0 saturated heterocycles. The number of nitrogens with zero attached hydrogens (tertiary/aromatic N) is 1. The number of carbonyl (C=O) groups excluding carboxylic acids is 5. The fraction of sp³-hybridized carbons (Fsp3) is 0.478. The van der Waals surface area contributed by atoms with Gasteiger partial charge in [0, 0.05) is 41.0 Å². The van der Waals surface area contributed by atoms with Crippen molar-refractivity contribution in [1.82, 2.24) is 9.97 Å². The highest BCUT2D eigenvalue weighted by Gasteiger charge is 2.44. The quantitative estimate of drug-likeness (QED) is 0.356. The first-order valence-electron chi connectivity index (χ1n) is 10.7. The molecule has 0 spiro atoms. The summed E-state index contributed by atoms with van der Waals surface area (Å²) in [5.41, 5.74) is 1.37. The number of aromatic amines is 1. The Hall–Kier alpha value is -3.96. The number of aromatic nitrogens is 2. The van der Waals surface area contributed by atoms with Crippen LogP contribution in [0.3, 0.4) is 0 Å². The molecule has 0 saturated carbocycles. The van der Waals surface area contributed by atoms with Crippen LogP contribution in [0.1, 0.15) is 40.4 Å². The maximum atomic E-state index is 12.0. The van der Waals surface area contributed by atoms with Gasteiger partial charge in [0.2, 0.25) is 0 Å². The summed E-state index contributed by atoms with van der Waals surface area (Å²) in [6.07, 6.45) is -5.62. The molecule has 12 heteroatoms. The molecule has 1 aromatic carbocycles. The van der Waals surface area contributed by atoms with Gasteiger partial charge in [-0.15, -0.1) is 0 Å². The molecule has 0 unspecified atom stereocenters. The molecule has 0 amide bonds. The largest absolute Gasteiger partial charge is 0.462 e. The van der Waals surface area contributed by atoms with E-state index in [0.717, 1.165) is 40.1 Å². The van der Waals surface area contributed by atoms with Gasteiger partial charge in [0.15, 0.2) is 18.3 Å². The third-order valence-electron chi connectivity index (χ3n) is 4.58. The summed E-state index contributed by atoms with van der Waals surface area (Å²) in [5.74, 6) is -3.39. The number of hydrogen-bond acceptors (Lipinski definition) is 11. The second kappa shape index (κ2) is 12.5. The van der Waals surface area contributed by atoms with Gasteiger partial charge >= 0.3 is 29.8 Å². The van der Waals surface area contributed by atoms with Crippen LogP contribution in [0.25, 0.3) is 11.0 Å². The molecule has 1 aromatic heterocycles. The Morgan fingerprint density at radius 2 is 1.26 bits per heavy atom. The number of benzene rings is 1. The Kier molecular flexibility index (Phi) is 9.74. The third kappa shape index (κ3) is 8.72. The van der Waals surface area contributed by atoms with Crippen molar-refractivity contribution in [2.75, 3.05) is 6.61 Å². The average Bonchev–Trinajstić information content (AvgIpc) is 3.14. The summed E-state index contributed by atoms with van der Waals surface area (Å²) in [4.78, 5) is 66.6. The number of esters is 5. The molecule has 0 aliphatic rings. The van der Waals surface area contributed by atoms with E-state index in [1.165, 1.54) is 0 Å². The van der Waals surface area contributed by atoms with Crippen molar-refractivity contribution in [3.05, 3.63) is 30.1 Å². The molecule has 2 rings (SSSR count). The van der Waals surface area contributed by atoms with E-state index in [0.29, 0.717) is 11.3 Å². The lowest BCUT2D eigenvalue weighted by Crippen LogP contribution is -2.53. The predicted molar refractivity (Wildman–Crippen MR) is 119 cm³/mol. The number of H-pyrrole nitrogens is 1. The summed E-state index contributed by atoms with van der Waals surface area (Å²) in [5, 5.41) is 0. The van der Waals surface area contributed by atoms with Crippen LogP contribution in [0.5, 0.6) is 0 Å². The van der Waals surface area contributed by atoms with E-state index in [-0.39, 0.29) is 6.42 Å². The molecule has 1 N–H and O–H groups in total. The number of rotatable bonds is 11. The summed E-state index contributed by atoms with van der Waals surface area (Å²) < 4.78 is 26.4. The predicted octanol–water partition coefficient (Wildman–Crippen LogP) is 1.40. The standard InChI is InChI=1S/C23H28N2O10/c1-12(26)31-11-20(33-14(3)28)23(35-16(5)30)22(34-15(4)29)19(32-13(2)27)10-21-24-17-8-6-7-9-18(17)25-21/h6-9,19-20,22-23H,10-11H2,1-5H3,(H,24,25)/t19-,20+,22+,23-/m0/s1. The number of nitrogens with one attached hydrogen (secondary N) is 1. The van der Waals surface area contributed by atoms with Crippen molar-refractivity contribution >= 4 is 40.9 Å². The fourth-order valence-electron chi connectivity index (χ4n) is 3.43. The normalized spacial score (nSPS) is 14.2. The van der Waals surface area contributed by atoms with Gasteiger partial charge in [-0.1, -0.05) is 12.1 Å². The third-order valence-corrected chi connectivity index (χ3v) is 4.58. The molecule has 0 aliphatic carbocycles. The number of carbonyl (C=O) groups is 5. The Morgan fingerprint density at radius 3 is 1.77 bits per heavy atom. The lowest BCUT2D eigenvalue weighted by atomic mass is 9.99.